The molecule has 0 heterocycles. The van der Waals surface area contributed by atoms with Crippen molar-refractivity contribution in [3.05, 3.63) is 0 Å². The van der Waals surface area contributed by atoms with Crippen molar-refractivity contribution in [1.82, 2.24) is 5.32 Å². The maximum atomic E-state index is 11.8. The molecular formula is C21H40NNa2O9P. The molecule has 0 aromatic heterocycles. The zero-order valence-corrected chi connectivity index (χ0v) is 26.2. The van der Waals surface area contributed by atoms with Crippen LogP contribution in [0.25, 0.3) is 0 Å². The Labute approximate surface area is 248 Å². The minimum Gasteiger partial charge on any atom is -0.790 e. The van der Waals surface area contributed by atoms with Gasteiger partial charge in [0.25, 0.3) is 6.47 Å². The van der Waals surface area contributed by atoms with E-state index in [1.54, 1.807) is 0 Å². The quantitative estimate of drug-likeness (QED) is 0.0336. The van der Waals surface area contributed by atoms with Crippen LogP contribution in [-0.2, 0) is 33.2 Å². The maximum Gasteiger partial charge on any atom is 1.00 e. The van der Waals surface area contributed by atoms with Crippen molar-refractivity contribution in [1.29, 1.82) is 0 Å². The third-order valence-electron chi connectivity index (χ3n) is 4.74. The average Bonchev–Trinajstić information content (AvgIpc) is 2.75. The molecule has 34 heavy (non-hydrogen) atoms. The van der Waals surface area contributed by atoms with Gasteiger partial charge < -0.3 is 28.9 Å². The van der Waals surface area contributed by atoms with Crippen molar-refractivity contribution < 1.29 is 102 Å². The molecule has 0 aromatic carbocycles. The van der Waals surface area contributed by atoms with Gasteiger partial charge in [-0.2, -0.15) is 4.89 Å². The number of carbonyl (C=O) groups is 2. The van der Waals surface area contributed by atoms with E-state index in [1.165, 1.54) is 19.3 Å². The summed E-state index contributed by atoms with van der Waals surface area (Å²) in [4.78, 5) is 53.1. The molecule has 10 nitrogen and oxygen atoms in total. The summed E-state index contributed by atoms with van der Waals surface area (Å²) in [6.07, 6.45) is 11.4. The SMILES string of the molecule is CCCCCCCCCC(=O)OO[C@@H](CNCCCCCCCOC=O)COP(=O)([O-])[O-].[Na+].[Na+]. The second-order valence-corrected chi connectivity index (χ2v) is 8.88. The third-order valence-corrected chi connectivity index (χ3v) is 5.20. The van der Waals surface area contributed by atoms with E-state index in [0.717, 1.165) is 51.4 Å². The van der Waals surface area contributed by atoms with Gasteiger partial charge >= 0.3 is 65.1 Å². The minimum atomic E-state index is -5.15. The van der Waals surface area contributed by atoms with Crippen molar-refractivity contribution in [2.75, 3.05) is 26.3 Å². The first kappa shape index (κ1) is 39.5. The largest absolute Gasteiger partial charge is 1.00 e. The molecule has 0 saturated carbocycles. The first-order chi connectivity index (χ1) is 15.4. The van der Waals surface area contributed by atoms with Crippen LogP contribution in [0.5, 0.6) is 0 Å². The molecule has 0 spiro atoms. The fourth-order valence-electron chi connectivity index (χ4n) is 2.96. The zero-order chi connectivity index (χ0) is 23.9. The molecule has 1 atom stereocenters. The van der Waals surface area contributed by atoms with Crippen LogP contribution in [0, 0.1) is 0 Å². The number of ether oxygens (including phenoxy) is 1. The first-order valence-electron chi connectivity index (χ1n) is 11.7. The molecular weight excluding hydrogens is 487 g/mol. The fourth-order valence-corrected chi connectivity index (χ4v) is 3.31. The number of unbranched alkanes of at least 4 members (excludes halogenated alkanes) is 10. The second kappa shape index (κ2) is 28.5. The summed E-state index contributed by atoms with van der Waals surface area (Å²) >= 11 is 0. The first-order valence-corrected chi connectivity index (χ1v) is 13.1. The molecule has 0 unspecified atom stereocenters. The van der Waals surface area contributed by atoms with E-state index in [4.69, 9.17) is 9.78 Å². The van der Waals surface area contributed by atoms with Gasteiger partial charge in [0.05, 0.1) is 21.0 Å². The minimum absolute atomic E-state index is 0. The van der Waals surface area contributed by atoms with Crippen LogP contribution in [0.2, 0.25) is 0 Å². The van der Waals surface area contributed by atoms with Crippen molar-refractivity contribution in [2.45, 2.75) is 96.5 Å². The van der Waals surface area contributed by atoms with E-state index in [9.17, 15) is 23.9 Å². The van der Waals surface area contributed by atoms with Gasteiger partial charge in [-0.15, -0.1) is 0 Å². The molecule has 0 bridgehead atoms. The Morgan fingerprint density at radius 1 is 0.941 bits per heavy atom. The Morgan fingerprint density at radius 2 is 1.53 bits per heavy atom. The van der Waals surface area contributed by atoms with Gasteiger partial charge in [0.15, 0.2) is 0 Å². The van der Waals surface area contributed by atoms with Crippen LogP contribution in [0.15, 0.2) is 0 Å². The molecule has 1 N–H and O–H groups in total. The van der Waals surface area contributed by atoms with E-state index >= 15 is 0 Å². The summed E-state index contributed by atoms with van der Waals surface area (Å²) in [5, 5.41) is 3.07. The summed E-state index contributed by atoms with van der Waals surface area (Å²) in [5.41, 5.74) is 0. The molecule has 0 amide bonds. The van der Waals surface area contributed by atoms with Crippen LogP contribution in [0.4, 0.5) is 0 Å². The van der Waals surface area contributed by atoms with Gasteiger partial charge in [-0.05, 0) is 25.8 Å². The number of phosphoric ester groups is 1. The zero-order valence-electron chi connectivity index (χ0n) is 21.3. The number of hydrogen-bond donors (Lipinski definition) is 1. The standard InChI is InChI=1S/C21H42NO9P.2Na/c1-2-3-4-5-6-8-11-14-21(24)31-30-20(18-29-32(25,26)27)17-22-15-12-9-7-10-13-16-28-19-23;;/h19-20,22H,2-18H2,1H3,(H2,25,26,27);;/q;2*+1/p-2/t20-;;/m0../s1. The summed E-state index contributed by atoms with van der Waals surface area (Å²) in [7, 11) is -5.15. The molecule has 190 valence electrons. The van der Waals surface area contributed by atoms with Crippen molar-refractivity contribution in [2.24, 2.45) is 0 Å². The van der Waals surface area contributed by atoms with Crippen LogP contribution < -0.4 is 74.2 Å². The molecule has 0 rings (SSSR count). The van der Waals surface area contributed by atoms with E-state index in [0.29, 0.717) is 26.0 Å². The van der Waals surface area contributed by atoms with Gasteiger partial charge in [0.1, 0.15) is 6.10 Å². The molecule has 13 heteroatoms. The van der Waals surface area contributed by atoms with E-state index in [2.05, 4.69) is 21.5 Å². The summed E-state index contributed by atoms with van der Waals surface area (Å²) in [6.45, 7) is 3.31. The average molecular weight is 528 g/mol. The van der Waals surface area contributed by atoms with Crippen molar-refractivity contribution in [3.63, 3.8) is 0 Å². The fraction of sp³-hybridized carbons (Fsp3) is 0.905. The number of hydrogen-bond acceptors (Lipinski definition) is 10. The number of phosphoric acid groups is 1. The number of rotatable bonds is 24. The van der Waals surface area contributed by atoms with Gasteiger partial charge in [0, 0.05) is 13.0 Å². The molecule has 0 aliphatic rings. The summed E-state index contributed by atoms with van der Waals surface area (Å²) < 4.78 is 19.6. The molecule has 0 saturated heterocycles. The molecule has 0 radical (unpaired) electrons. The molecule has 0 aromatic rings. The predicted molar refractivity (Wildman–Crippen MR) is 115 cm³/mol. The maximum absolute atomic E-state index is 11.8. The normalized spacial score (nSPS) is 11.7. The van der Waals surface area contributed by atoms with Gasteiger partial charge in [-0.1, -0.05) is 64.7 Å². The van der Waals surface area contributed by atoms with Crippen LogP contribution in [0.1, 0.15) is 90.4 Å². The Morgan fingerprint density at radius 3 is 2.15 bits per heavy atom. The Kier molecular flexibility index (Phi) is 33.1. The van der Waals surface area contributed by atoms with E-state index < -0.39 is 26.5 Å². The van der Waals surface area contributed by atoms with Gasteiger partial charge in [-0.25, -0.2) is 4.79 Å². The predicted octanol–water partition coefficient (Wildman–Crippen LogP) is -3.46. The van der Waals surface area contributed by atoms with Gasteiger partial charge in [-0.3, -0.25) is 9.68 Å². The van der Waals surface area contributed by atoms with Crippen molar-refractivity contribution in [3.8, 4) is 0 Å². The number of nitrogens with one attached hydrogen (secondary N) is 1. The van der Waals surface area contributed by atoms with E-state index in [1.807, 2.05) is 0 Å². The summed E-state index contributed by atoms with van der Waals surface area (Å²) in [6, 6.07) is 0. The second-order valence-electron chi connectivity index (χ2n) is 7.73. The molecule has 0 aliphatic heterocycles. The van der Waals surface area contributed by atoms with Crippen molar-refractivity contribution >= 4 is 20.3 Å². The smallest absolute Gasteiger partial charge is 0.790 e. The Bertz CT molecular complexity index is 513. The molecule has 0 aliphatic carbocycles. The Hall–Kier alpha value is 0.970. The summed E-state index contributed by atoms with van der Waals surface area (Å²) in [5.74, 6) is -0.533. The van der Waals surface area contributed by atoms with Crippen LogP contribution >= 0.6 is 7.82 Å². The third kappa shape index (κ3) is 31.0. The Balaban J connectivity index is -0.00000480. The topological polar surface area (TPSA) is 146 Å². The van der Waals surface area contributed by atoms with Crippen LogP contribution in [0.3, 0.4) is 0 Å². The molecule has 0 fully saturated rings. The van der Waals surface area contributed by atoms with E-state index in [-0.39, 0.29) is 72.1 Å². The van der Waals surface area contributed by atoms with Crippen LogP contribution in [-0.4, -0.2) is 44.8 Å². The monoisotopic (exact) mass is 527 g/mol. The number of carbonyl (C=O) groups excluding carboxylic acids is 2. The van der Waals surface area contributed by atoms with Gasteiger partial charge in [0.2, 0.25) is 0 Å².